The van der Waals surface area contributed by atoms with E-state index in [2.05, 4.69) is 21.2 Å². The number of carbonyl (C=O) groups excluding carboxylic acids is 2. The number of ether oxygens (including phenoxy) is 3. The van der Waals surface area contributed by atoms with Gasteiger partial charge in [0.25, 0.3) is 5.91 Å². The van der Waals surface area contributed by atoms with Crippen LogP contribution in [0.2, 0.25) is 0 Å². The molecule has 1 unspecified atom stereocenters. The number of anilines is 1. The van der Waals surface area contributed by atoms with Gasteiger partial charge in [-0.1, -0.05) is 15.9 Å². The number of halogens is 1. The van der Waals surface area contributed by atoms with E-state index in [1.54, 1.807) is 44.6 Å². The Hall–Kier alpha value is -2.74. The van der Waals surface area contributed by atoms with Gasteiger partial charge in [0.15, 0.2) is 6.61 Å². The van der Waals surface area contributed by atoms with Crippen molar-refractivity contribution in [3.63, 3.8) is 0 Å². The van der Waals surface area contributed by atoms with Crippen molar-refractivity contribution in [1.82, 2.24) is 5.32 Å². The highest BCUT2D eigenvalue weighted by atomic mass is 79.9. The lowest BCUT2D eigenvalue weighted by Gasteiger charge is -2.29. The fourth-order valence-corrected chi connectivity index (χ4v) is 3.38. The molecule has 1 aliphatic rings. The van der Waals surface area contributed by atoms with Crippen LogP contribution in [0.3, 0.4) is 0 Å². The largest absolute Gasteiger partial charge is 0.497 e. The molecule has 0 saturated carbocycles. The summed E-state index contributed by atoms with van der Waals surface area (Å²) in [5.41, 5.74) is 1.36. The van der Waals surface area contributed by atoms with E-state index < -0.39 is 0 Å². The number of hydrogen-bond acceptors (Lipinski definition) is 5. The second-order valence-corrected chi connectivity index (χ2v) is 7.19. The molecular weight excluding hydrogens is 428 g/mol. The second-order valence-electron chi connectivity index (χ2n) is 6.28. The molecule has 148 valence electrons. The summed E-state index contributed by atoms with van der Waals surface area (Å²) in [6.45, 7) is 1.64. The van der Waals surface area contributed by atoms with Crippen molar-refractivity contribution in [3.8, 4) is 17.2 Å². The maximum absolute atomic E-state index is 12.6. The summed E-state index contributed by atoms with van der Waals surface area (Å²) in [6, 6.07) is 10.4. The first kappa shape index (κ1) is 20.0. The van der Waals surface area contributed by atoms with E-state index in [-0.39, 0.29) is 31.0 Å². The van der Waals surface area contributed by atoms with Gasteiger partial charge in [-0.25, -0.2) is 0 Å². The molecule has 3 rings (SSSR count). The summed E-state index contributed by atoms with van der Waals surface area (Å²) in [5.74, 6) is 1.31. The predicted octanol–water partition coefficient (Wildman–Crippen LogP) is 3.07. The Morgan fingerprint density at radius 3 is 2.75 bits per heavy atom. The van der Waals surface area contributed by atoms with Crippen LogP contribution in [0.25, 0.3) is 0 Å². The van der Waals surface area contributed by atoms with Crippen molar-refractivity contribution in [2.45, 2.75) is 13.0 Å². The number of carbonyl (C=O) groups is 2. The van der Waals surface area contributed by atoms with Gasteiger partial charge in [-0.15, -0.1) is 0 Å². The third-order valence-corrected chi connectivity index (χ3v) is 4.94. The number of amides is 2. The number of benzene rings is 2. The van der Waals surface area contributed by atoms with Crippen LogP contribution in [-0.4, -0.2) is 39.2 Å². The highest BCUT2D eigenvalue weighted by Crippen LogP contribution is 2.34. The van der Waals surface area contributed by atoms with Crippen molar-refractivity contribution in [2.75, 3.05) is 32.3 Å². The van der Waals surface area contributed by atoms with Crippen LogP contribution in [-0.2, 0) is 9.59 Å². The van der Waals surface area contributed by atoms with Crippen LogP contribution < -0.4 is 24.4 Å². The van der Waals surface area contributed by atoms with Gasteiger partial charge in [0, 0.05) is 10.0 Å². The SMILES string of the molecule is COc1ccc(OC)c(C(C)NC(=O)CN2C(=O)COc3cc(Br)ccc32)c1. The Kier molecular flexibility index (Phi) is 6.08. The van der Waals surface area contributed by atoms with Crippen LogP contribution >= 0.6 is 15.9 Å². The summed E-state index contributed by atoms with van der Waals surface area (Å²) in [5, 5.41) is 2.91. The zero-order valence-electron chi connectivity index (χ0n) is 15.8. The standard InChI is InChI=1S/C20H21BrN2O5/c1-12(15-9-14(26-2)5-7-17(15)27-3)22-19(24)10-23-16-6-4-13(21)8-18(16)28-11-20(23)25/h4-9,12H,10-11H2,1-3H3,(H,22,24). The van der Waals surface area contributed by atoms with Crippen molar-refractivity contribution in [1.29, 1.82) is 0 Å². The van der Waals surface area contributed by atoms with E-state index in [0.717, 1.165) is 10.0 Å². The van der Waals surface area contributed by atoms with E-state index >= 15 is 0 Å². The lowest BCUT2D eigenvalue weighted by atomic mass is 10.1. The first-order chi connectivity index (χ1) is 13.4. The van der Waals surface area contributed by atoms with Crippen LogP contribution in [0.1, 0.15) is 18.5 Å². The second kappa shape index (κ2) is 8.52. The highest BCUT2D eigenvalue weighted by Gasteiger charge is 2.28. The Bertz CT molecular complexity index is 902. The zero-order valence-corrected chi connectivity index (χ0v) is 17.4. The topological polar surface area (TPSA) is 77.1 Å². The van der Waals surface area contributed by atoms with Crippen LogP contribution in [0, 0.1) is 0 Å². The lowest BCUT2D eigenvalue weighted by Crippen LogP contribution is -2.45. The minimum absolute atomic E-state index is 0.101. The minimum Gasteiger partial charge on any atom is -0.497 e. The summed E-state index contributed by atoms with van der Waals surface area (Å²) in [6.07, 6.45) is 0. The van der Waals surface area contributed by atoms with E-state index in [0.29, 0.717) is 22.9 Å². The molecule has 1 aliphatic heterocycles. The molecule has 1 heterocycles. The maximum atomic E-state index is 12.6. The third-order valence-electron chi connectivity index (χ3n) is 4.45. The molecule has 0 bridgehead atoms. The zero-order chi connectivity index (χ0) is 20.3. The molecule has 2 aromatic rings. The molecule has 1 N–H and O–H groups in total. The summed E-state index contributed by atoms with van der Waals surface area (Å²) in [7, 11) is 3.15. The molecule has 0 aromatic heterocycles. The van der Waals surface area contributed by atoms with Gasteiger partial charge in [-0.3, -0.25) is 14.5 Å². The number of nitrogens with one attached hydrogen (secondary N) is 1. The Labute approximate surface area is 171 Å². The number of nitrogens with zero attached hydrogens (tertiary/aromatic N) is 1. The van der Waals surface area contributed by atoms with Gasteiger partial charge in [0.2, 0.25) is 5.91 Å². The third kappa shape index (κ3) is 4.22. The highest BCUT2D eigenvalue weighted by molar-refractivity contribution is 9.10. The van der Waals surface area contributed by atoms with Crippen molar-refractivity contribution >= 4 is 33.4 Å². The lowest BCUT2D eigenvalue weighted by molar-refractivity contribution is -0.125. The van der Waals surface area contributed by atoms with Crippen molar-refractivity contribution in [3.05, 3.63) is 46.4 Å². The molecule has 7 nitrogen and oxygen atoms in total. The normalized spacial score (nSPS) is 14.0. The van der Waals surface area contributed by atoms with E-state index in [1.807, 2.05) is 13.0 Å². The number of methoxy groups -OCH3 is 2. The molecule has 28 heavy (non-hydrogen) atoms. The van der Waals surface area contributed by atoms with Gasteiger partial charge in [-0.05, 0) is 43.3 Å². The van der Waals surface area contributed by atoms with E-state index in [1.165, 1.54) is 4.90 Å². The molecular formula is C20H21BrN2O5. The first-order valence-electron chi connectivity index (χ1n) is 8.67. The maximum Gasteiger partial charge on any atom is 0.265 e. The number of fused-ring (bicyclic) bond motifs is 1. The molecule has 1 atom stereocenters. The first-order valence-corrected chi connectivity index (χ1v) is 9.46. The van der Waals surface area contributed by atoms with Gasteiger partial charge < -0.3 is 19.5 Å². The Morgan fingerprint density at radius 2 is 2.04 bits per heavy atom. The average molecular weight is 449 g/mol. The monoisotopic (exact) mass is 448 g/mol. The van der Waals surface area contributed by atoms with Gasteiger partial charge in [0.1, 0.15) is 23.8 Å². The Morgan fingerprint density at radius 1 is 1.25 bits per heavy atom. The number of rotatable bonds is 6. The van der Waals surface area contributed by atoms with E-state index in [9.17, 15) is 9.59 Å². The van der Waals surface area contributed by atoms with Crippen molar-refractivity contribution < 1.29 is 23.8 Å². The molecule has 0 saturated heterocycles. The smallest absolute Gasteiger partial charge is 0.265 e. The summed E-state index contributed by atoms with van der Waals surface area (Å²) < 4.78 is 16.9. The summed E-state index contributed by atoms with van der Waals surface area (Å²) in [4.78, 5) is 26.4. The Balaban J connectivity index is 1.75. The molecule has 8 heteroatoms. The van der Waals surface area contributed by atoms with E-state index in [4.69, 9.17) is 14.2 Å². The fourth-order valence-electron chi connectivity index (χ4n) is 3.04. The van der Waals surface area contributed by atoms with Crippen LogP contribution in [0.15, 0.2) is 40.9 Å². The molecule has 0 radical (unpaired) electrons. The van der Waals surface area contributed by atoms with Gasteiger partial charge >= 0.3 is 0 Å². The summed E-state index contributed by atoms with van der Waals surface area (Å²) >= 11 is 3.38. The molecule has 2 aromatic carbocycles. The minimum atomic E-state index is -0.335. The van der Waals surface area contributed by atoms with Crippen LogP contribution in [0.4, 0.5) is 5.69 Å². The van der Waals surface area contributed by atoms with Gasteiger partial charge in [-0.2, -0.15) is 0 Å². The van der Waals surface area contributed by atoms with Crippen LogP contribution in [0.5, 0.6) is 17.2 Å². The average Bonchev–Trinajstić information content (AvgIpc) is 2.69. The number of hydrogen-bond donors (Lipinski definition) is 1. The molecule has 0 aliphatic carbocycles. The molecule has 0 fully saturated rings. The van der Waals surface area contributed by atoms with Crippen molar-refractivity contribution in [2.24, 2.45) is 0 Å². The molecule has 2 amide bonds. The molecule has 0 spiro atoms. The fraction of sp³-hybridized carbons (Fsp3) is 0.300. The predicted molar refractivity (Wildman–Crippen MR) is 108 cm³/mol. The quantitative estimate of drug-likeness (QED) is 0.734. The van der Waals surface area contributed by atoms with Gasteiger partial charge in [0.05, 0.1) is 25.9 Å².